The predicted molar refractivity (Wildman–Crippen MR) is 58.3 cm³/mol. The highest BCUT2D eigenvalue weighted by Gasteiger charge is 2.29. The Bertz CT molecular complexity index is 256. The van der Waals surface area contributed by atoms with Crippen molar-refractivity contribution in [2.24, 2.45) is 5.92 Å². The smallest absolute Gasteiger partial charge is 0.0669 e. The van der Waals surface area contributed by atoms with Crippen molar-refractivity contribution in [1.82, 2.24) is 14.9 Å². The molecule has 1 N–H and O–H groups in total. The number of aromatic nitrogens is 2. The van der Waals surface area contributed by atoms with Gasteiger partial charge in [0.15, 0.2) is 0 Å². The molecular weight excluding hydrogens is 194 g/mol. The fraction of sp³-hybridized carbons (Fsp3) is 0.800. The lowest BCUT2D eigenvalue weighted by Crippen LogP contribution is -2.32. The normalized spacial score (nSPS) is 19.2. The first-order valence-electron chi connectivity index (χ1n) is 5.42. The van der Waals surface area contributed by atoms with E-state index < -0.39 is 0 Å². The van der Waals surface area contributed by atoms with Crippen molar-refractivity contribution in [3.8, 4) is 0 Å². The van der Waals surface area contributed by atoms with Crippen LogP contribution in [0.25, 0.3) is 0 Å². The topological polar surface area (TPSA) is 37.8 Å². The third-order valence-corrected chi connectivity index (χ3v) is 3.67. The van der Waals surface area contributed by atoms with E-state index in [9.17, 15) is 0 Å². The highest BCUT2D eigenvalue weighted by molar-refractivity contribution is 7.05. The van der Waals surface area contributed by atoms with Crippen LogP contribution in [-0.2, 0) is 0 Å². The average Bonchev–Trinajstić information content (AvgIpc) is 2.61. The molecule has 0 radical (unpaired) electrons. The molecule has 0 aromatic carbocycles. The summed E-state index contributed by atoms with van der Waals surface area (Å²) >= 11 is 1.54. The largest absolute Gasteiger partial charge is 0.309 e. The molecule has 1 saturated carbocycles. The summed E-state index contributed by atoms with van der Waals surface area (Å²) in [7, 11) is 0. The Morgan fingerprint density at radius 3 is 3.00 bits per heavy atom. The van der Waals surface area contributed by atoms with Crippen molar-refractivity contribution in [3.63, 3.8) is 0 Å². The van der Waals surface area contributed by atoms with Gasteiger partial charge in [-0.15, -0.1) is 5.10 Å². The Kier molecular flexibility index (Phi) is 3.48. The maximum absolute atomic E-state index is 3.94. The predicted octanol–water partition coefficient (Wildman–Crippen LogP) is 2.38. The molecule has 1 aliphatic rings. The van der Waals surface area contributed by atoms with E-state index in [0.717, 1.165) is 12.5 Å². The molecule has 4 heteroatoms. The van der Waals surface area contributed by atoms with Crippen LogP contribution in [-0.4, -0.2) is 16.1 Å². The van der Waals surface area contributed by atoms with Crippen LogP contribution in [0.15, 0.2) is 6.20 Å². The summed E-state index contributed by atoms with van der Waals surface area (Å²) in [5.41, 5.74) is 0. The van der Waals surface area contributed by atoms with Crippen LogP contribution in [0.2, 0.25) is 0 Å². The lowest BCUT2D eigenvalue weighted by molar-refractivity contribution is 0.233. The van der Waals surface area contributed by atoms with Crippen LogP contribution < -0.4 is 5.32 Å². The van der Waals surface area contributed by atoms with Gasteiger partial charge in [-0.2, -0.15) is 0 Å². The third kappa shape index (κ3) is 2.12. The van der Waals surface area contributed by atoms with Crippen molar-refractivity contribution in [2.45, 2.75) is 38.6 Å². The summed E-state index contributed by atoms with van der Waals surface area (Å²) in [5.74, 6) is 0.823. The van der Waals surface area contributed by atoms with Gasteiger partial charge >= 0.3 is 0 Å². The molecule has 1 aromatic rings. The first-order chi connectivity index (χ1) is 6.92. The van der Waals surface area contributed by atoms with E-state index in [1.807, 2.05) is 6.20 Å². The first-order valence-corrected chi connectivity index (χ1v) is 6.19. The van der Waals surface area contributed by atoms with Crippen LogP contribution in [0.5, 0.6) is 0 Å². The van der Waals surface area contributed by atoms with Crippen LogP contribution in [0, 0.1) is 5.92 Å². The van der Waals surface area contributed by atoms with Crippen LogP contribution in [0.1, 0.15) is 43.5 Å². The molecule has 1 fully saturated rings. The molecule has 0 spiro atoms. The Morgan fingerprint density at radius 1 is 1.64 bits per heavy atom. The molecule has 78 valence electrons. The molecule has 1 heterocycles. The number of nitrogens with one attached hydrogen (secondary N) is 1. The monoisotopic (exact) mass is 211 g/mol. The number of rotatable bonds is 5. The summed E-state index contributed by atoms with van der Waals surface area (Å²) in [5, 5.41) is 7.52. The van der Waals surface area contributed by atoms with Gasteiger partial charge in [0.1, 0.15) is 0 Å². The van der Waals surface area contributed by atoms with Crippen molar-refractivity contribution in [1.29, 1.82) is 0 Å². The number of hydrogen-bond acceptors (Lipinski definition) is 4. The molecule has 1 unspecified atom stereocenters. The number of hydrogen-bond donors (Lipinski definition) is 1. The van der Waals surface area contributed by atoms with Crippen molar-refractivity contribution < 1.29 is 0 Å². The van der Waals surface area contributed by atoms with Gasteiger partial charge in [0.25, 0.3) is 0 Å². The van der Waals surface area contributed by atoms with Crippen LogP contribution in [0.4, 0.5) is 0 Å². The van der Waals surface area contributed by atoms with Crippen molar-refractivity contribution in [2.75, 3.05) is 6.54 Å². The highest BCUT2D eigenvalue weighted by atomic mass is 32.1. The Morgan fingerprint density at radius 2 is 2.50 bits per heavy atom. The maximum atomic E-state index is 3.94. The fourth-order valence-corrected chi connectivity index (χ4v) is 2.56. The Hall–Kier alpha value is -0.480. The first kappa shape index (κ1) is 10.1. The molecule has 0 amide bonds. The summed E-state index contributed by atoms with van der Waals surface area (Å²) in [6.07, 6.45) is 7.21. The van der Waals surface area contributed by atoms with E-state index in [1.165, 1.54) is 42.1 Å². The lowest BCUT2D eigenvalue weighted by atomic mass is 9.79. The fourth-order valence-electron chi connectivity index (χ4n) is 1.88. The van der Waals surface area contributed by atoms with Crippen molar-refractivity contribution >= 4 is 11.5 Å². The molecule has 1 atom stereocenters. The molecule has 2 rings (SSSR count). The molecule has 14 heavy (non-hydrogen) atoms. The molecule has 0 bridgehead atoms. The second kappa shape index (κ2) is 4.84. The van der Waals surface area contributed by atoms with E-state index in [0.29, 0.717) is 6.04 Å². The van der Waals surface area contributed by atoms with Gasteiger partial charge < -0.3 is 5.32 Å². The van der Waals surface area contributed by atoms with Gasteiger partial charge in [-0.3, -0.25) is 0 Å². The zero-order valence-electron chi connectivity index (χ0n) is 8.57. The molecule has 0 aliphatic heterocycles. The van der Waals surface area contributed by atoms with Gasteiger partial charge in [-0.25, -0.2) is 0 Å². The van der Waals surface area contributed by atoms with Gasteiger partial charge in [-0.05, 0) is 43.3 Å². The standard InChI is InChI=1S/C10H17N3S/c1-2-6-11-10(8-4-3-5-8)9-7-12-13-14-9/h7-8,10-11H,2-6H2,1H3. The van der Waals surface area contributed by atoms with Crippen molar-refractivity contribution in [3.05, 3.63) is 11.1 Å². The van der Waals surface area contributed by atoms with E-state index >= 15 is 0 Å². The summed E-state index contributed by atoms with van der Waals surface area (Å²) in [6.45, 7) is 3.30. The summed E-state index contributed by atoms with van der Waals surface area (Å²) in [6, 6.07) is 0.517. The van der Waals surface area contributed by atoms with Gasteiger partial charge in [0.2, 0.25) is 0 Å². The molecular formula is C10H17N3S. The minimum atomic E-state index is 0.517. The SMILES string of the molecule is CCCNC(c1cnns1)C1CCC1. The summed E-state index contributed by atoms with van der Waals surface area (Å²) < 4.78 is 3.94. The van der Waals surface area contributed by atoms with Gasteiger partial charge in [0, 0.05) is 6.04 Å². The second-order valence-electron chi connectivity index (χ2n) is 3.94. The molecule has 3 nitrogen and oxygen atoms in total. The zero-order chi connectivity index (χ0) is 9.80. The van der Waals surface area contributed by atoms with Crippen LogP contribution >= 0.6 is 11.5 Å². The number of nitrogens with zero attached hydrogens (tertiary/aromatic N) is 2. The van der Waals surface area contributed by atoms with E-state index in [1.54, 1.807) is 0 Å². The van der Waals surface area contributed by atoms with E-state index in [4.69, 9.17) is 0 Å². The van der Waals surface area contributed by atoms with Gasteiger partial charge in [-0.1, -0.05) is 17.8 Å². The third-order valence-electron chi connectivity index (χ3n) is 2.92. The maximum Gasteiger partial charge on any atom is 0.0669 e. The van der Waals surface area contributed by atoms with E-state index in [-0.39, 0.29) is 0 Å². The molecule has 0 saturated heterocycles. The van der Waals surface area contributed by atoms with E-state index in [2.05, 4.69) is 21.8 Å². The minimum absolute atomic E-state index is 0.517. The second-order valence-corrected chi connectivity index (χ2v) is 4.76. The molecule has 1 aliphatic carbocycles. The zero-order valence-corrected chi connectivity index (χ0v) is 9.39. The lowest BCUT2D eigenvalue weighted by Gasteiger charge is -2.33. The summed E-state index contributed by atoms with van der Waals surface area (Å²) in [4.78, 5) is 1.31. The minimum Gasteiger partial charge on any atom is -0.309 e. The average molecular weight is 211 g/mol. The molecule has 1 aromatic heterocycles. The Balaban J connectivity index is 1.98. The Labute approximate surface area is 89.1 Å². The van der Waals surface area contributed by atoms with Gasteiger partial charge in [0.05, 0.1) is 11.1 Å². The quantitative estimate of drug-likeness (QED) is 0.812. The van der Waals surface area contributed by atoms with Crippen LogP contribution in [0.3, 0.4) is 0 Å². The highest BCUT2D eigenvalue weighted by Crippen LogP contribution is 2.38.